The number of aromatic nitrogens is 2. The second-order valence-corrected chi connectivity index (χ2v) is 8.92. The molecule has 6 nitrogen and oxygen atoms in total. The average Bonchev–Trinajstić information content (AvgIpc) is 3.22. The number of aryl methyl sites for hydroxylation is 2. The summed E-state index contributed by atoms with van der Waals surface area (Å²) in [5, 5.41) is 4.25. The van der Waals surface area contributed by atoms with E-state index < -0.39 is 0 Å². The number of ether oxygens (including phenoxy) is 2. The Balaban J connectivity index is 1.34. The van der Waals surface area contributed by atoms with Crippen LogP contribution < -0.4 is 14.8 Å². The predicted molar refractivity (Wildman–Crippen MR) is 133 cm³/mol. The minimum absolute atomic E-state index is 0.363. The van der Waals surface area contributed by atoms with Crippen molar-refractivity contribution < 1.29 is 9.47 Å². The molecule has 0 spiro atoms. The fraction of sp³-hybridized carbons (Fsp3) is 0.440. The molecule has 7 heteroatoms. The van der Waals surface area contributed by atoms with Crippen molar-refractivity contribution in [3.05, 3.63) is 52.8 Å². The summed E-state index contributed by atoms with van der Waals surface area (Å²) in [6.07, 6.45) is 3.10. The molecule has 4 rings (SSSR count). The van der Waals surface area contributed by atoms with Crippen molar-refractivity contribution in [2.24, 2.45) is 0 Å². The molecule has 2 heterocycles. The van der Waals surface area contributed by atoms with Crippen molar-refractivity contribution in [1.82, 2.24) is 20.2 Å². The number of imidazole rings is 1. The second-order valence-electron chi connectivity index (χ2n) is 8.53. The number of nitrogens with one attached hydrogen (secondary N) is 2. The molecule has 0 radical (unpaired) electrons. The summed E-state index contributed by atoms with van der Waals surface area (Å²) in [6, 6.07) is 10.4. The smallest absolute Gasteiger partial charge is 0.168 e. The number of methoxy groups -OCH3 is 2. The molecular formula is C25H32N4O2S. The van der Waals surface area contributed by atoms with Gasteiger partial charge in [-0.25, -0.2) is 4.98 Å². The van der Waals surface area contributed by atoms with Crippen molar-refractivity contribution in [2.75, 3.05) is 33.9 Å². The van der Waals surface area contributed by atoms with Crippen LogP contribution in [0.15, 0.2) is 30.3 Å². The number of hydrogen-bond acceptors (Lipinski definition) is 4. The highest BCUT2D eigenvalue weighted by Crippen LogP contribution is 2.29. The second kappa shape index (κ2) is 9.77. The van der Waals surface area contributed by atoms with Crippen LogP contribution >= 0.6 is 12.2 Å². The van der Waals surface area contributed by atoms with Gasteiger partial charge in [-0.2, -0.15) is 0 Å². The van der Waals surface area contributed by atoms with Crippen molar-refractivity contribution >= 4 is 28.4 Å². The van der Waals surface area contributed by atoms with Crippen LogP contribution in [-0.4, -0.2) is 53.8 Å². The van der Waals surface area contributed by atoms with Gasteiger partial charge in [0.25, 0.3) is 0 Å². The number of likely N-dealkylation sites (tertiary alicyclic amines) is 1. The Hall–Kier alpha value is -2.80. The Morgan fingerprint density at radius 3 is 2.72 bits per heavy atom. The molecule has 2 aromatic carbocycles. The van der Waals surface area contributed by atoms with E-state index in [4.69, 9.17) is 26.7 Å². The van der Waals surface area contributed by atoms with E-state index in [1.807, 2.05) is 12.1 Å². The molecule has 1 aliphatic heterocycles. The van der Waals surface area contributed by atoms with E-state index in [1.165, 1.54) is 16.7 Å². The number of thiocarbonyl (C=S) groups is 1. The average molecular weight is 453 g/mol. The maximum Gasteiger partial charge on any atom is 0.168 e. The number of fused-ring (bicyclic) bond motifs is 1. The molecule has 1 aliphatic rings. The lowest BCUT2D eigenvalue weighted by atomic mass is 9.98. The SMILES string of the molecule is COc1ccc(CCNC(=S)N2CCC[C@H](c3nc4cc(C)c(C)cc4[nH]3)C2)cc1OC. The van der Waals surface area contributed by atoms with Gasteiger partial charge >= 0.3 is 0 Å². The van der Waals surface area contributed by atoms with Crippen molar-refractivity contribution in [2.45, 2.75) is 39.0 Å². The number of rotatable bonds is 6. The Kier molecular flexibility index (Phi) is 6.84. The fourth-order valence-electron chi connectivity index (χ4n) is 4.33. The number of piperidine rings is 1. The Morgan fingerprint density at radius 2 is 1.94 bits per heavy atom. The van der Waals surface area contributed by atoms with Gasteiger partial charge < -0.3 is 24.7 Å². The minimum Gasteiger partial charge on any atom is -0.493 e. The molecule has 0 bridgehead atoms. The maximum absolute atomic E-state index is 5.72. The summed E-state index contributed by atoms with van der Waals surface area (Å²) >= 11 is 5.72. The predicted octanol–water partition coefficient (Wildman–Crippen LogP) is 4.49. The van der Waals surface area contributed by atoms with Gasteiger partial charge in [-0.3, -0.25) is 0 Å². The van der Waals surface area contributed by atoms with Gasteiger partial charge in [-0.05, 0) is 86.3 Å². The maximum atomic E-state index is 5.72. The van der Waals surface area contributed by atoms with Crippen LogP contribution in [0.1, 0.15) is 41.3 Å². The first kappa shape index (κ1) is 22.4. The first-order valence-corrected chi connectivity index (χ1v) is 11.6. The van der Waals surface area contributed by atoms with Crippen LogP contribution in [0.25, 0.3) is 11.0 Å². The van der Waals surface area contributed by atoms with E-state index in [2.05, 4.69) is 47.2 Å². The summed E-state index contributed by atoms with van der Waals surface area (Å²) < 4.78 is 10.7. The van der Waals surface area contributed by atoms with Crippen LogP contribution in [0.2, 0.25) is 0 Å². The highest BCUT2D eigenvalue weighted by molar-refractivity contribution is 7.80. The topological polar surface area (TPSA) is 62.4 Å². The molecule has 0 unspecified atom stereocenters. The summed E-state index contributed by atoms with van der Waals surface area (Å²) in [4.78, 5) is 10.7. The largest absolute Gasteiger partial charge is 0.493 e. The summed E-state index contributed by atoms with van der Waals surface area (Å²) in [5.74, 6) is 2.93. The summed E-state index contributed by atoms with van der Waals surface area (Å²) in [5.41, 5.74) is 5.92. The van der Waals surface area contributed by atoms with E-state index in [0.29, 0.717) is 5.92 Å². The first-order chi connectivity index (χ1) is 15.5. The minimum atomic E-state index is 0.363. The fourth-order valence-corrected chi connectivity index (χ4v) is 4.60. The zero-order valence-corrected chi connectivity index (χ0v) is 20.1. The Bertz CT molecular complexity index is 1070. The molecule has 2 N–H and O–H groups in total. The number of hydrogen-bond donors (Lipinski definition) is 2. The van der Waals surface area contributed by atoms with Crippen molar-refractivity contribution in [3.8, 4) is 11.5 Å². The summed E-state index contributed by atoms with van der Waals surface area (Å²) in [7, 11) is 3.31. The summed E-state index contributed by atoms with van der Waals surface area (Å²) in [6.45, 7) is 6.93. The number of H-pyrrole nitrogens is 1. The van der Waals surface area contributed by atoms with Crippen LogP contribution in [-0.2, 0) is 6.42 Å². The highest BCUT2D eigenvalue weighted by atomic mass is 32.1. The molecule has 32 heavy (non-hydrogen) atoms. The molecule has 1 atom stereocenters. The molecule has 0 amide bonds. The van der Waals surface area contributed by atoms with E-state index in [-0.39, 0.29) is 0 Å². The van der Waals surface area contributed by atoms with E-state index in [1.54, 1.807) is 14.2 Å². The van der Waals surface area contributed by atoms with Gasteiger partial charge in [0, 0.05) is 25.6 Å². The lowest BCUT2D eigenvalue weighted by molar-refractivity contribution is 0.300. The molecule has 1 aromatic heterocycles. The standard InChI is InChI=1S/C25H32N4O2S/c1-16-12-20-21(13-17(16)2)28-24(27-20)19-6-5-11-29(15-19)25(32)26-10-9-18-7-8-22(30-3)23(14-18)31-4/h7-8,12-14,19H,5-6,9-11,15H2,1-4H3,(H,26,32)(H,27,28)/t19-/m0/s1. The van der Waals surface area contributed by atoms with E-state index in [9.17, 15) is 0 Å². The lowest BCUT2D eigenvalue weighted by Crippen LogP contribution is -2.45. The van der Waals surface area contributed by atoms with Gasteiger partial charge in [-0.1, -0.05) is 6.07 Å². The molecular weight excluding hydrogens is 420 g/mol. The molecule has 1 saturated heterocycles. The third kappa shape index (κ3) is 4.83. The number of nitrogens with zero attached hydrogens (tertiary/aromatic N) is 2. The first-order valence-electron chi connectivity index (χ1n) is 11.2. The van der Waals surface area contributed by atoms with Crippen LogP contribution in [0.4, 0.5) is 0 Å². The Labute approximate surface area is 195 Å². The zero-order chi connectivity index (χ0) is 22.7. The van der Waals surface area contributed by atoms with Gasteiger partial charge in [0.15, 0.2) is 16.6 Å². The van der Waals surface area contributed by atoms with Gasteiger partial charge in [-0.15, -0.1) is 0 Å². The highest BCUT2D eigenvalue weighted by Gasteiger charge is 2.25. The molecule has 1 fully saturated rings. The molecule has 0 saturated carbocycles. The van der Waals surface area contributed by atoms with Crippen LogP contribution in [0, 0.1) is 13.8 Å². The van der Waals surface area contributed by atoms with Gasteiger partial charge in [0.1, 0.15) is 5.82 Å². The normalized spacial score (nSPS) is 16.2. The third-order valence-corrected chi connectivity index (χ3v) is 6.75. The number of benzene rings is 2. The molecule has 170 valence electrons. The van der Waals surface area contributed by atoms with Gasteiger partial charge in [0.05, 0.1) is 25.3 Å². The van der Waals surface area contributed by atoms with Gasteiger partial charge in [0.2, 0.25) is 0 Å². The van der Waals surface area contributed by atoms with E-state index in [0.717, 1.165) is 72.4 Å². The lowest BCUT2D eigenvalue weighted by Gasteiger charge is -2.33. The molecule has 0 aliphatic carbocycles. The molecule has 3 aromatic rings. The quantitative estimate of drug-likeness (QED) is 0.537. The van der Waals surface area contributed by atoms with Crippen molar-refractivity contribution in [1.29, 1.82) is 0 Å². The van der Waals surface area contributed by atoms with Crippen LogP contribution in [0.3, 0.4) is 0 Å². The number of aromatic amines is 1. The van der Waals surface area contributed by atoms with E-state index >= 15 is 0 Å². The van der Waals surface area contributed by atoms with Crippen molar-refractivity contribution in [3.63, 3.8) is 0 Å². The third-order valence-electron chi connectivity index (χ3n) is 6.35. The monoisotopic (exact) mass is 452 g/mol. The zero-order valence-electron chi connectivity index (χ0n) is 19.3. The van der Waals surface area contributed by atoms with Crippen LogP contribution in [0.5, 0.6) is 11.5 Å². The Morgan fingerprint density at radius 1 is 1.16 bits per heavy atom.